The van der Waals surface area contributed by atoms with Crippen LogP contribution in [0.15, 0.2) is 78.9 Å². The van der Waals surface area contributed by atoms with Gasteiger partial charge in [0.15, 0.2) is 0 Å². The Bertz CT molecular complexity index is 868. The quantitative estimate of drug-likeness (QED) is 0.564. The SMILES string of the molecule is CC#CC1(c2ccccc2)c2ccccc2Oc2ccccc21. The van der Waals surface area contributed by atoms with Crippen molar-refractivity contribution in [1.29, 1.82) is 0 Å². The summed E-state index contributed by atoms with van der Waals surface area (Å²) in [4.78, 5) is 0. The van der Waals surface area contributed by atoms with Crippen molar-refractivity contribution in [3.8, 4) is 23.3 Å². The van der Waals surface area contributed by atoms with E-state index in [-0.39, 0.29) is 0 Å². The van der Waals surface area contributed by atoms with Gasteiger partial charge in [0.05, 0.1) is 0 Å². The van der Waals surface area contributed by atoms with E-state index in [9.17, 15) is 0 Å². The molecule has 0 saturated carbocycles. The monoisotopic (exact) mass is 296 g/mol. The fraction of sp³-hybridized carbons (Fsp3) is 0.0909. The molecule has 0 spiro atoms. The predicted molar refractivity (Wildman–Crippen MR) is 92.7 cm³/mol. The van der Waals surface area contributed by atoms with Crippen LogP contribution in [0.3, 0.4) is 0 Å². The largest absolute Gasteiger partial charge is 0.457 e. The number of fused-ring (bicyclic) bond motifs is 2. The van der Waals surface area contributed by atoms with Crippen molar-refractivity contribution in [2.24, 2.45) is 0 Å². The number of ether oxygens (including phenoxy) is 1. The van der Waals surface area contributed by atoms with Gasteiger partial charge in [0.2, 0.25) is 0 Å². The van der Waals surface area contributed by atoms with E-state index >= 15 is 0 Å². The lowest BCUT2D eigenvalue weighted by Crippen LogP contribution is -2.31. The van der Waals surface area contributed by atoms with Crippen LogP contribution in [0.5, 0.6) is 11.5 Å². The Morgan fingerprint density at radius 2 is 1.22 bits per heavy atom. The van der Waals surface area contributed by atoms with Crippen molar-refractivity contribution in [1.82, 2.24) is 0 Å². The maximum atomic E-state index is 6.13. The van der Waals surface area contributed by atoms with Crippen molar-refractivity contribution in [3.63, 3.8) is 0 Å². The molecule has 0 aliphatic carbocycles. The number of benzene rings is 3. The second-order valence-electron chi connectivity index (χ2n) is 5.59. The minimum absolute atomic E-state index is 0.499. The van der Waals surface area contributed by atoms with Crippen LogP contribution in [0.4, 0.5) is 0 Å². The van der Waals surface area contributed by atoms with Crippen LogP contribution in [-0.4, -0.2) is 0 Å². The van der Waals surface area contributed by atoms with E-state index in [1.54, 1.807) is 0 Å². The van der Waals surface area contributed by atoms with Gasteiger partial charge in [0, 0.05) is 11.1 Å². The van der Waals surface area contributed by atoms with Crippen molar-refractivity contribution >= 4 is 0 Å². The van der Waals surface area contributed by atoms with Crippen LogP contribution < -0.4 is 4.74 Å². The Hall–Kier alpha value is -2.98. The molecule has 4 rings (SSSR count). The highest BCUT2D eigenvalue weighted by molar-refractivity contribution is 5.68. The predicted octanol–water partition coefficient (Wildman–Crippen LogP) is 5.15. The lowest BCUT2D eigenvalue weighted by Gasteiger charge is -2.37. The summed E-state index contributed by atoms with van der Waals surface area (Å²) in [6.07, 6.45) is 0. The molecule has 0 bridgehead atoms. The summed E-state index contributed by atoms with van der Waals surface area (Å²) in [6, 6.07) is 26.8. The maximum Gasteiger partial charge on any atom is 0.132 e. The van der Waals surface area contributed by atoms with Crippen LogP contribution in [-0.2, 0) is 5.41 Å². The van der Waals surface area contributed by atoms with E-state index in [0.29, 0.717) is 0 Å². The summed E-state index contributed by atoms with van der Waals surface area (Å²) in [7, 11) is 0. The van der Waals surface area contributed by atoms with Gasteiger partial charge in [-0.25, -0.2) is 0 Å². The standard InChI is InChI=1S/C22H16O/c1-2-16-22(17-10-4-3-5-11-17)18-12-6-8-14-20(18)23-21-15-9-7-13-19(21)22/h3-15H,1H3. The third-order valence-electron chi connectivity index (χ3n) is 4.32. The third-order valence-corrected chi connectivity index (χ3v) is 4.32. The van der Waals surface area contributed by atoms with E-state index in [1.807, 2.05) is 49.4 Å². The second-order valence-corrected chi connectivity index (χ2v) is 5.59. The first-order valence-electron chi connectivity index (χ1n) is 7.72. The van der Waals surface area contributed by atoms with Crippen LogP contribution in [0.1, 0.15) is 23.6 Å². The van der Waals surface area contributed by atoms with Gasteiger partial charge >= 0.3 is 0 Å². The Morgan fingerprint density at radius 3 is 1.78 bits per heavy atom. The number of para-hydroxylation sites is 2. The molecule has 0 unspecified atom stereocenters. The molecule has 3 aromatic rings. The minimum Gasteiger partial charge on any atom is -0.457 e. The molecule has 0 atom stereocenters. The molecule has 23 heavy (non-hydrogen) atoms. The Morgan fingerprint density at radius 1 is 0.696 bits per heavy atom. The molecule has 1 nitrogen and oxygen atoms in total. The average molecular weight is 296 g/mol. The summed E-state index contributed by atoms with van der Waals surface area (Å²) < 4.78 is 6.13. The fourth-order valence-corrected chi connectivity index (χ4v) is 3.39. The lowest BCUT2D eigenvalue weighted by molar-refractivity contribution is 0.440. The van der Waals surface area contributed by atoms with E-state index in [1.165, 1.54) is 0 Å². The number of hydrogen-bond donors (Lipinski definition) is 0. The van der Waals surface area contributed by atoms with Crippen LogP contribution in [0, 0.1) is 11.8 Å². The zero-order valence-electron chi connectivity index (χ0n) is 12.9. The van der Waals surface area contributed by atoms with Crippen molar-refractivity contribution in [3.05, 3.63) is 95.6 Å². The van der Waals surface area contributed by atoms with Crippen LogP contribution in [0.25, 0.3) is 0 Å². The molecule has 110 valence electrons. The molecule has 0 N–H and O–H groups in total. The molecule has 1 heterocycles. The molecule has 1 heteroatoms. The summed E-state index contributed by atoms with van der Waals surface area (Å²) in [5, 5.41) is 0. The smallest absolute Gasteiger partial charge is 0.132 e. The molecule has 0 saturated heterocycles. The first kappa shape index (κ1) is 13.7. The van der Waals surface area contributed by atoms with E-state index in [2.05, 4.69) is 48.2 Å². The van der Waals surface area contributed by atoms with Crippen molar-refractivity contribution < 1.29 is 4.74 Å². The molecule has 0 amide bonds. The molecule has 0 aromatic heterocycles. The Balaban J connectivity index is 2.14. The highest BCUT2D eigenvalue weighted by atomic mass is 16.5. The molecular formula is C22H16O. The first-order chi connectivity index (χ1) is 11.4. The van der Waals surface area contributed by atoms with Gasteiger partial charge in [-0.1, -0.05) is 72.7 Å². The van der Waals surface area contributed by atoms with Gasteiger partial charge in [0.25, 0.3) is 0 Å². The third kappa shape index (κ3) is 1.96. The first-order valence-corrected chi connectivity index (χ1v) is 7.72. The van der Waals surface area contributed by atoms with Crippen LogP contribution >= 0.6 is 0 Å². The van der Waals surface area contributed by atoms with Crippen molar-refractivity contribution in [2.75, 3.05) is 0 Å². The summed E-state index contributed by atoms with van der Waals surface area (Å²) >= 11 is 0. The van der Waals surface area contributed by atoms with Gasteiger partial charge in [0.1, 0.15) is 16.9 Å². The van der Waals surface area contributed by atoms with Gasteiger partial charge < -0.3 is 4.74 Å². The normalized spacial score (nSPS) is 13.8. The molecule has 0 radical (unpaired) electrons. The van der Waals surface area contributed by atoms with E-state index in [4.69, 9.17) is 4.74 Å². The number of rotatable bonds is 1. The molecule has 0 fully saturated rings. The second kappa shape index (κ2) is 5.34. The fourth-order valence-electron chi connectivity index (χ4n) is 3.39. The topological polar surface area (TPSA) is 9.23 Å². The lowest BCUT2D eigenvalue weighted by atomic mass is 9.68. The van der Waals surface area contributed by atoms with Crippen molar-refractivity contribution in [2.45, 2.75) is 12.3 Å². The van der Waals surface area contributed by atoms with E-state index in [0.717, 1.165) is 28.2 Å². The zero-order chi connectivity index (χ0) is 15.7. The maximum absolute atomic E-state index is 6.13. The highest BCUT2D eigenvalue weighted by Crippen LogP contribution is 2.51. The van der Waals surface area contributed by atoms with Gasteiger partial charge in [-0.15, -0.1) is 5.92 Å². The molecule has 3 aromatic carbocycles. The molecule has 1 aliphatic rings. The molecule has 1 aliphatic heterocycles. The summed E-state index contributed by atoms with van der Waals surface area (Å²) in [5.74, 6) is 8.40. The average Bonchev–Trinajstić information content (AvgIpc) is 2.62. The highest BCUT2D eigenvalue weighted by Gasteiger charge is 2.42. The minimum atomic E-state index is -0.499. The molecular weight excluding hydrogens is 280 g/mol. The van der Waals surface area contributed by atoms with Gasteiger partial charge in [-0.05, 0) is 24.6 Å². The summed E-state index contributed by atoms with van der Waals surface area (Å²) in [6.45, 7) is 1.89. The van der Waals surface area contributed by atoms with Gasteiger partial charge in [-0.3, -0.25) is 0 Å². The van der Waals surface area contributed by atoms with E-state index < -0.39 is 5.41 Å². The Kier molecular flexibility index (Phi) is 3.17. The summed E-state index contributed by atoms with van der Waals surface area (Å²) in [5.41, 5.74) is 2.86. The Labute approximate surface area is 136 Å². The van der Waals surface area contributed by atoms with Gasteiger partial charge in [-0.2, -0.15) is 0 Å². The zero-order valence-corrected chi connectivity index (χ0v) is 12.9. The van der Waals surface area contributed by atoms with Crippen LogP contribution in [0.2, 0.25) is 0 Å². The number of hydrogen-bond acceptors (Lipinski definition) is 1.